The Morgan fingerprint density at radius 1 is 0.698 bits per heavy atom. The van der Waals surface area contributed by atoms with E-state index in [0.717, 1.165) is 51.4 Å². The normalized spacial score (nSPS) is 14.4. The average Bonchev–Trinajstić information content (AvgIpc) is 3.76. The van der Waals surface area contributed by atoms with Gasteiger partial charge in [0.05, 0.1) is 0 Å². The minimum atomic E-state index is -0.859. The number of carbonyl (C=O) groups is 1. The summed E-state index contributed by atoms with van der Waals surface area (Å²) < 4.78 is 12.2. The molecule has 0 saturated carbocycles. The second kappa shape index (κ2) is 19.0. The third-order valence-electron chi connectivity index (χ3n) is 9.17. The van der Waals surface area contributed by atoms with Crippen molar-refractivity contribution in [3.63, 3.8) is 0 Å². The number of carbonyl (C=O) groups excluding carboxylic acids is 1. The van der Waals surface area contributed by atoms with Gasteiger partial charge in [0.2, 0.25) is 0 Å². The van der Waals surface area contributed by atoms with Gasteiger partial charge in [0.1, 0.15) is 0 Å². The van der Waals surface area contributed by atoms with Gasteiger partial charge in [-0.2, -0.15) is 0 Å². The molecule has 0 unspecified atom stereocenters. The molecule has 0 bridgehead atoms. The van der Waals surface area contributed by atoms with E-state index < -0.39 is 37.8 Å². The van der Waals surface area contributed by atoms with Crippen LogP contribution < -0.4 is 4.74 Å². The maximum absolute atomic E-state index is 13.4. The predicted molar refractivity (Wildman–Crippen MR) is 208 cm³/mol. The van der Waals surface area contributed by atoms with E-state index in [9.17, 15) is 35.1 Å². The number of thioether (sulfide) groups is 1. The molecular weight excluding hydrogens is 765 g/mol. The Bertz CT molecular complexity index is 1930. The molecule has 280 valence electrons. The summed E-state index contributed by atoms with van der Waals surface area (Å²) in [6.07, 6.45) is 13.8. The zero-order valence-electron chi connectivity index (χ0n) is 29.9. The fourth-order valence-corrected chi connectivity index (χ4v) is 10.4. The van der Waals surface area contributed by atoms with E-state index in [1.54, 1.807) is 0 Å². The van der Waals surface area contributed by atoms with Crippen LogP contribution in [0.4, 0.5) is 17.1 Å². The molecule has 1 heterocycles. The molecule has 12 nitrogen and oxygen atoms in total. The molecule has 0 atom stereocenters. The van der Waals surface area contributed by atoms with Crippen molar-refractivity contribution in [2.75, 3.05) is 13.2 Å². The molecule has 14 heteroatoms. The first kappa shape index (κ1) is 39.7. The molecule has 0 spiro atoms. The summed E-state index contributed by atoms with van der Waals surface area (Å²) in [5.74, 6) is -0.0941. The third kappa shape index (κ3) is 9.73. The summed E-state index contributed by atoms with van der Waals surface area (Å²) >= 11 is 1.06. The minimum absolute atomic E-state index is 0.00389. The number of rotatable bonds is 20. The van der Waals surface area contributed by atoms with Gasteiger partial charge in [-0.05, 0) is 0 Å². The van der Waals surface area contributed by atoms with Gasteiger partial charge in [-0.3, -0.25) is 0 Å². The number of benzene rings is 3. The number of fused-ring (bicyclic) bond motifs is 3. The summed E-state index contributed by atoms with van der Waals surface area (Å²) in [5, 5.41) is 36.5. The van der Waals surface area contributed by atoms with Crippen molar-refractivity contribution in [3.05, 3.63) is 110 Å². The molecule has 3 aromatic carbocycles. The van der Waals surface area contributed by atoms with Gasteiger partial charge >= 0.3 is 275 Å². The van der Waals surface area contributed by atoms with Crippen molar-refractivity contribution in [2.24, 2.45) is 0 Å². The molecule has 0 radical (unpaired) electrons. The third-order valence-corrected chi connectivity index (χ3v) is 13.1. The van der Waals surface area contributed by atoms with Crippen LogP contribution in [0.5, 0.6) is 5.75 Å². The van der Waals surface area contributed by atoms with Crippen LogP contribution in [0.25, 0.3) is 21.6 Å². The van der Waals surface area contributed by atoms with Crippen molar-refractivity contribution >= 4 is 60.2 Å². The summed E-state index contributed by atoms with van der Waals surface area (Å²) in [6.45, 7) is 4.85. The zero-order valence-corrected chi connectivity index (χ0v) is 32.5. The standard InChI is InChI=1S/C39H43N3O9SSe/c1-3-5-7-8-9-10-11-12-13-14-20-50-29-17-15-26(16-18-29)34-25-53-39(52-34)36-30-21-27(40(44)45)23-32(38(43)51-19-6-4-2)35(30)37-31(36)22-28(41(46)47)24-33(37)42(48)49/h15-18,21-25H,3-14,19-20H2,1-2H3/b39-36-. The number of nitrogens with zero attached hydrogens (tertiary/aromatic N) is 3. The summed E-state index contributed by atoms with van der Waals surface area (Å²) in [5.41, 5.74) is 0.173. The van der Waals surface area contributed by atoms with Gasteiger partial charge in [0.15, 0.2) is 0 Å². The predicted octanol–water partition coefficient (Wildman–Crippen LogP) is 10.8. The Balaban J connectivity index is 1.38. The van der Waals surface area contributed by atoms with Crippen LogP contribution in [-0.4, -0.2) is 48.9 Å². The average molecular weight is 809 g/mol. The molecule has 5 rings (SSSR count). The van der Waals surface area contributed by atoms with E-state index in [1.807, 2.05) is 36.2 Å². The van der Waals surface area contributed by atoms with Crippen LogP contribution in [0.1, 0.15) is 118 Å². The second-order valence-electron chi connectivity index (χ2n) is 13.0. The number of non-ortho nitro benzene ring substituents is 2. The van der Waals surface area contributed by atoms with Gasteiger partial charge in [0.25, 0.3) is 0 Å². The first-order valence-electron chi connectivity index (χ1n) is 18.1. The number of unbranched alkanes of at least 4 members (excludes halogenated alkanes) is 10. The number of nitro groups is 3. The Kier molecular flexibility index (Phi) is 14.2. The number of ether oxygens (including phenoxy) is 2. The summed E-state index contributed by atoms with van der Waals surface area (Å²) in [7, 11) is 0. The number of hydrogen-bond donors (Lipinski definition) is 0. The fourth-order valence-electron chi connectivity index (χ4n) is 6.42. The first-order valence-corrected chi connectivity index (χ1v) is 20.8. The maximum atomic E-state index is 13.4. The SMILES string of the molecule is CCCCCCCCCCCCOc1ccc(C2=C[Se]/C(=C3/c4cc([N+](=O)[O-])cc(C(=O)OCCCC)c4-c4c3cc([N+](=O)[O-])cc4[N+](=O)[O-])S2)cc1. The zero-order chi connectivity index (χ0) is 37.9. The van der Waals surface area contributed by atoms with Crippen LogP contribution in [-0.2, 0) is 4.74 Å². The van der Waals surface area contributed by atoms with Gasteiger partial charge in [-0.25, -0.2) is 0 Å². The van der Waals surface area contributed by atoms with Crippen molar-refractivity contribution in [3.8, 4) is 16.9 Å². The quantitative estimate of drug-likeness (QED) is 0.0276. The topological polar surface area (TPSA) is 165 Å². The first-order chi connectivity index (χ1) is 25.6. The Morgan fingerprint density at radius 2 is 1.28 bits per heavy atom. The molecule has 0 N–H and O–H groups in total. The van der Waals surface area contributed by atoms with Crippen LogP contribution in [0.15, 0.2) is 57.3 Å². The fraction of sp³-hybridized carbons (Fsp3) is 0.410. The molecule has 3 aromatic rings. The van der Waals surface area contributed by atoms with Crippen LogP contribution in [0.3, 0.4) is 0 Å². The van der Waals surface area contributed by atoms with Crippen molar-refractivity contribution in [1.82, 2.24) is 0 Å². The Labute approximate surface area is 319 Å². The second-order valence-corrected chi connectivity index (χ2v) is 16.5. The summed E-state index contributed by atoms with van der Waals surface area (Å²) in [6, 6.07) is 12.2. The van der Waals surface area contributed by atoms with Gasteiger partial charge in [-0.15, -0.1) is 0 Å². The van der Waals surface area contributed by atoms with E-state index in [0.29, 0.717) is 18.6 Å². The summed E-state index contributed by atoms with van der Waals surface area (Å²) in [4.78, 5) is 50.8. The number of esters is 1. The molecule has 1 aliphatic carbocycles. The van der Waals surface area contributed by atoms with Gasteiger partial charge in [-0.1, -0.05) is 45.4 Å². The molecule has 0 aromatic heterocycles. The number of nitro benzene ring substituents is 3. The number of hydrogen-bond acceptors (Lipinski definition) is 10. The molecule has 0 saturated heterocycles. The molecule has 0 fully saturated rings. The molecule has 0 amide bonds. The van der Waals surface area contributed by atoms with E-state index in [2.05, 4.69) is 6.92 Å². The van der Waals surface area contributed by atoms with Crippen molar-refractivity contribution in [2.45, 2.75) is 90.9 Å². The van der Waals surface area contributed by atoms with Crippen molar-refractivity contribution in [1.29, 1.82) is 0 Å². The van der Waals surface area contributed by atoms with E-state index >= 15 is 0 Å². The Hall–Kier alpha value is -4.52. The van der Waals surface area contributed by atoms with Gasteiger partial charge in [0, 0.05) is 0 Å². The molecular formula is C39H43N3O9SSe. The van der Waals surface area contributed by atoms with Crippen LogP contribution >= 0.6 is 11.8 Å². The van der Waals surface area contributed by atoms with E-state index in [1.165, 1.54) is 75.3 Å². The van der Waals surface area contributed by atoms with E-state index in [-0.39, 0.29) is 49.4 Å². The Morgan fingerprint density at radius 3 is 1.89 bits per heavy atom. The van der Waals surface area contributed by atoms with Crippen LogP contribution in [0, 0.1) is 30.3 Å². The molecule has 53 heavy (non-hydrogen) atoms. The van der Waals surface area contributed by atoms with Gasteiger partial charge < -0.3 is 0 Å². The van der Waals surface area contributed by atoms with Crippen molar-refractivity contribution < 1.29 is 29.0 Å². The van der Waals surface area contributed by atoms with E-state index in [4.69, 9.17) is 9.47 Å². The molecule has 2 aliphatic rings. The van der Waals surface area contributed by atoms with Crippen LogP contribution in [0.2, 0.25) is 0 Å². The monoisotopic (exact) mass is 809 g/mol. The molecule has 1 aliphatic heterocycles.